The minimum atomic E-state index is -1.20. The molecule has 3 aromatic rings. The second-order valence-electron chi connectivity index (χ2n) is 5.34. The van der Waals surface area contributed by atoms with E-state index < -0.39 is 17.7 Å². The zero-order valence-corrected chi connectivity index (χ0v) is 11.5. The van der Waals surface area contributed by atoms with Crippen LogP contribution in [0.1, 0.15) is 10.4 Å². The van der Waals surface area contributed by atoms with Crippen molar-refractivity contribution in [2.75, 3.05) is 0 Å². The number of benzene rings is 3. The molecular weight excluding hydrogens is 278 g/mol. The van der Waals surface area contributed by atoms with E-state index in [0.717, 1.165) is 21.5 Å². The number of carboxylic acids is 1. The summed E-state index contributed by atoms with van der Waals surface area (Å²) in [5, 5.41) is 12.9. The molecule has 0 bridgehead atoms. The van der Waals surface area contributed by atoms with Crippen molar-refractivity contribution in [1.82, 2.24) is 0 Å². The molecule has 0 saturated heterocycles. The number of aliphatic imine (C=N–C) groups is 1. The minimum Gasteiger partial charge on any atom is -0.480 e. The summed E-state index contributed by atoms with van der Waals surface area (Å²) >= 11 is 0. The number of carbonyl (C=O) groups is 2. The van der Waals surface area contributed by atoms with Crippen molar-refractivity contribution in [3.8, 4) is 0 Å². The molecule has 106 valence electrons. The molecule has 22 heavy (non-hydrogen) atoms. The zero-order valence-electron chi connectivity index (χ0n) is 11.5. The number of nitrogens with zero attached hydrogens (tertiary/aromatic N) is 1. The van der Waals surface area contributed by atoms with Crippen LogP contribution < -0.4 is 0 Å². The molecule has 4 heteroatoms. The van der Waals surface area contributed by atoms with Crippen molar-refractivity contribution in [2.24, 2.45) is 10.9 Å². The molecule has 0 spiro atoms. The Morgan fingerprint density at radius 1 is 1.00 bits per heavy atom. The number of aliphatic carboxylic acids is 1. The molecule has 0 fully saturated rings. The summed E-state index contributed by atoms with van der Waals surface area (Å²) in [5.74, 6) is -2.78. The topological polar surface area (TPSA) is 66.7 Å². The average Bonchev–Trinajstić information content (AvgIpc) is 2.52. The van der Waals surface area contributed by atoms with Gasteiger partial charge in [-0.2, -0.15) is 0 Å². The fraction of sp³-hybridized carbons (Fsp3) is 0.0556. The quantitative estimate of drug-likeness (QED) is 0.550. The Balaban J connectivity index is 2.07. The molecular formula is C18H11NO3. The van der Waals surface area contributed by atoms with E-state index in [2.05, 4.69) is 4.99 Å². The van der Waals surface area contributed by atoms with Crippen LogP contribution in [0.25, 0.3) is 21.5 Å². The van der Waals surface area contributed by atoms with E-state index >= 15 is 0 Å². The molecule has 1 aliphatic rings. The highest BCUT2D eigenvalue weighted by atomic mass is 16.4. The Bertz CT molecular complexity index is 988. The van der Waals surface area contributed by atoms with Gasteiger partial charge in [0.2, 0.25) is 0 Å². The summed E-state index contributed by atoms with van der Waals surface area (Å²) in [7, 11) is 0. The number of carbonyl (C=O) groups excluding carboxylic acids is 1. The summed E-state index contributed by atoms with van der Waals surface area (Å²) in [5.41, 5.74) is 0.934. The highest BCUT2D eigenvalue weighted by molar-refractivity contribution is 6.27. The maximum atomic E-state index is 12.5. The SMILES string of the molecule is O=C(O)C1C=Nc2ccc3cc4ccccc4cc3c2C1=O. The van der Waals surface area contributed by atoms with E-state index in [1.807, 2.05) is 42.5 Å². The molecule has 4 nitrogen and oxygen atoms in total. The number of hydrogen-bond donors (Lipinski definition) is 1. The first-order chi connectivity index (χ1) is 10.6. The van der Waals surface area contributed by atoms with Crippen LogP contribution in [0.15, 0.2) is 53.5 Å². The summed E-state index contributed by atoms with van der Waals surface area (Å²) in [6.07, 6.45) is 1.21. The van der Waals surface area contributed by atoms with Crippen molar-refractivity contribution < 1.29 is 14.7 Å². The normalized spacial score (nSPS) is 16.9. The molecule has 0 amide bonds. The number of rotatable bonds is 1. The van der Waals surface area contributed by atoms with Gasteiger partial charge in [0.1, 0.15) is 0 Å². The third kappa shape index (κ3) is 1.74. The van der Waals surface area contributed by atoms with E-state index in [4.69, 9.17) is 5.11 Å². The highest BCUT2D eigenvalue weighted by Gasteiger charge is 2.31. The predicted molar refractivity (Wildman–Crippen MR) is 85.1 cm³/mol. The third-order valence-electron chi connectivity index (χ3n) is 4.02. The van der Waals surface area contributed by atoms with Crippen LogP contribution in [0.5, 0.6) is 0 Å². The Kier molecular flexibility index (Phi) is 2.60. The largest absolute Gasteiger partial charge is 0.480 e. The van der Waals surface area contributed by atoms with Gasteiger partial charge in [0.25, 0.3) is 0 Å². The number of ketones is 1. The molecule has 1 heterocycles. The lowest BCUT2D eigenvalue weighted by Crippen LogP contribution is -2.27. The lowest BCUT2D eigenvalue weighted by molar-refractivity contribution is -0.137. The summed E-state index contributed by atoms with van der Waals surface area (Å²) in [6, 6.07) is 15.5. The van der Waals surface area contributed by atoms with Gasteiger partial charge in [0.05, 0.1) is 11.3 Å². The lowest BCUT2D eigenvalue weighted by atomic mass is 9.89. The molecule has 0 aromatic heterocycles. The Hall–Kier alpha value is -3.01. The Morgan fingerprint density at radius 2 is 1.73 bits per heavy atom. The molecule has 1 unspecified atom stereocenters. The first-order valence-electron chi connectivity index (χ1n) is 6.92. The molecule has 0 radical (unpaired) electrons. The van der Waals surface area contributed by atoms with Crippen molar-refractivity contribution in [3.05, 3.63) is 54.1 Å². The van der Waals surface area contributed by atoms with Crippen LogP contribution in [0.4, 0.5) is 5.69 Å². The minimum absolute atomic E-state index is 0.401. The van der Waals surface area contributed by atoms with Crippen LogP contribution in [0.2, 0.25) is 0 Å². The van der Waals surface area contributed by atoms with E-state index in [0.29, 0.717) is 11.3 Å². The van der Waals surface area contributed by atoms with E-state index in [-0.39, 0.29) is 0 Å². The van der Waals surface area contributed by atoms with Crippen molar-refractivity contribution in [1.29, 1.82) is 0 Å². The van der Waals surface area contributed by atoms with Gasteiger partial charge in [-0.1, -0.05) is 30.3 Å². The maximum absolute atomic E-state index is 12.5. The van der Waals surface area contributed by atoms with Crippen molar-refractivity contribution in [2.45, 2.75) is 0 Å². The van der Waals surface area contributed by atoms with Gasteiger partial charge in [-0.05, 0) is 39.7 Å². The predicted octanol–water partition coefficient (Wildman–Crippen LogP) is 3.59. The smallest absolute Gasteiger partial charge is 0.319 e. The third-order valence-corrected chi connectivity index (χ3v) is 4.02. The monoisotopic (exact) mass is 289 g/mol. The van der Waals surface area contributed by atoms with E-state index in [1.54, 1.807) is 6.07 Å². The van der Waals surface area contributed by atoms with E-state index in [9.17, 15) is 9.59 Å². The number of hydrogen-bond acceptors (Lipinski definition) is 3. The van der Waals surface area contributed by atoms with Crippen molar-refractivity contribution >= 4 is 45.2 Å². The second kappa shape index (κ2) is 4.49. The molecule has 3 aromatic carbocycles. The van der Waals surface area contributed by atoms with Crippen LogP contribution in [-0.2, 0) is 4.79 Å². The second-order valence-corrected chi connectivity index (χ2v) is 5.34. The summed E-state index contributed by atoms with van der Waals surface area (Å²) in [4.78, 5) is 27.9. The van der Waals surface area contributed by atoms with Gasteiger partial charge in [0.15, 0.2) is 11.7 Å². The highest BCUT2D eigenvalue weighted by Crippen LogP contribution is 2.35. The molecule has 1 aliphatic heterocycles. The van der Waals surface area contributed by atoms with Crippen molar-refractivity contribution in [3.63, 3.8) is 0 Å². The summed E-state index contributed by atoms with van der Waals surface area (Å²) in [6.45, 7) is 0. The number of Topliss-reactive ketones (excluding diaryl/α,β-unsaturated/α-hetero) is 1. The van der Waals surface area contributed by atoms with Crippen LogP contribution >= 0.6 is 0 Å². The van der Waals surface area contributed by atoms with Gasteiger partial charge in [-0.15, -0.1) is 0 Å². The molecule has 1 atom stereocenters. The van der Waals surface area contributed by atoms with Crippen LogP contribution in [0.3, 0.4) is 0 Å². The molecule has 1 N–H and O–H groups in total. The molecule has 0 saturated carbocycles. The lowest BCUT2D eigenvalue weighted by Gasteiger charge is -2.16. The fourth-order valence-corrected chi connectivity index (χ4v) is 2.92. The van der Waals surface area contributed by atoms with Gasteiger partial charge in [-0.3, -0.25) is 14.6 Å². The van der Waals surface area contributed by atoms with Gasteiger partial charge in [0, 0.05) is 6.21 Å². The molecule has 0 aliphatic carbocycles. The van der Waals surface area contributed by atoms with Gasteiger partial charge < -0.3 is 5.11 Å². The fourth-order valence-electron chi connectivity index (χ4n) is 2.92. The molecule has 4 rings (SSSR count). The summed E-state index contributed by atoms with van der Waals surface area (Å²) < 4.78 is 0. The number of fused-ring (bicyclic) bond motifs is 4. The zero-order chi connectivity index (χ0) is 15.3. The standard InChI is InChI=1S/C18H11NO3/c20-17-14(18(21)22)9-19-15-6-5-12-7-10-3-1-2-4-11(10)8-13(12)16(15)17/h1-9,14H,(H,21,22). The Morgan fingerprint density at radius 3 is 2.45 bits per heavy atom. The average molecular weight is 289 g/mol. The Labute approximate surface area is 125 Å². The first kappa shape index (κ1) is 12.7. The maximum Gasteiger partial charge on any atom is 0.319 e. The van der Waals surface area contributed by atoms with Gasteiger partial charge in [-0.25, -0.2) is 0 Å². The number of carboxylic acid groups (broad SMARTS) is 1. The van der Waals surface area contributed by atoms with E-state index in [1.165, 1.54) is 6.21 Å². The van der Waals surface area contributed by atoms with Gasteiger partial charge >= 0.3 is 5.97 Å². The van der Waals surface area contributed by atoms with Crippen LogP contribution in [-0.4, -0.2) is 23.1 Å². The van der Waals surface area contributed by atoms with Crippen LogP contribution in [0, 0.1) is 5.92 Å². The first-order valence-corrected chi connectivity index (χ1v) is 6.92.